The lowest BCUT2D eigenvalue weighted by atomic mass is 9.73. The minimum atomic E-state index is -0.234. The van der Waals surface area contributed by atoms with E-state index >= 15 is 0 Å². The van der Waals surface area contributed by atoms with Crippen LogP contribution in [-0.2, 0) is 11.8 Å². The lowest BCUT2D eigenvalue weighted by Gasteiger charge is -2.40. The molecule has 3 heterocycles. The summed E-state index contributed by atoms with van der Waals surface area (Å²) in [7, 11) is 0. The molecule has 3 aromatic rings. The van der Waals surface area contributed by atoms with E-state index in [0.717, 1.165) is 55.7 Å². The van der Waals surface area contributed by atoms with Gasteiger partial charge in [0, 0.05) is 43.6 Å². The SMILES string of the molecule is Cc1ccc(C(=O)N2CCC3(CCc4cc(C#N)ccc43)CC2)cc1NC(=O)c1ccc(N2CCCC2)nc1. The van der Waals surface area contributed by atoms with Crippen LogP contribution in [0.1, 0.15) is 75.1 Å². The fraction of sp³-hybridized carbons (Fsp3) is 0.375. The van der Waals surface area contributed by atoms with Crippen LogP contribution in [0.5, 0.6) is 0 Å². The molecule has 2 aromatic carbocycles. The van der Waals surface area contributed by atoms with Crippen molar-refractivity contribution in [2.24, 2.45) is 0 Å². The van der Waals surface area contributed by atoms with E-state index in [2.05, 4.69) is 27.3 Å². The number of carbonyl (C=O) groups is 2. The molecule has 0 radical (unpaired) electrons. The van der Waals surface area contributed by atoms with E-state index in [1.54, 1.807) is 12.3 Å². The number of rotatable bonds is 4. The number of carbonyl (C=O) groups excluding carboxylic acids is 2. The molecular weight excluding hydrogens is 486 g/mol. The summed E-state index contributed by atoms with van der Waals surface area (Å²) in [5, 5.41) is 12.2. The molecule has 39 heavy (non-hydrogen) atoms. The van der Waals surface area contributed by atoms with Gasteiger partial charge < -0.3 is 15.1 Å². The van der Waals surface area contributed by atoms with Gasteiger partial charge in [0.05, 0.1) is 17.2 Å². The topological polar surface area (TPSA) is 89.3 Å². The zero-order valence-electron chi connectivity index (χ0n) is 22.4. The number of fused-ring (bicyclic) bond motifs is 2. The molecular formula is C32H33N5O2. The van der Waals surface area contributed by atoms with Gasteiger partial charge in [0.2, 0.25) is 0 Å². The minimum absolute atomic E-state index is 0.00460. The van der Waals surface area contributed by atoms with E-state index in [-0.39, 0.29) is 17.2 Å². The first-order chi connectivity index (χ1) is 19.0. The molecule has 7 nitrogen and oxygen atoms in total. The summed E-state index contributed by atoms with van der Waals surface area (Å²) < 4.78 is 0. The maximum absolute atomic E-state index is 13.5. The van der Waals surface area contributed by atoms with Crippen molar-refractivity contribution < 1.29 is 9.59 Å². The summed E-state index contributed by atoms with van der Waals surface area (Å²) in [5.74, 6) is 0.668. The van der Waals surface area contributed by atoms with Gasteiger partial charge in [-0.05, 0) is 104 Å². The Morgan fingerprint density at radius 2 is 1.72 bits per heavy atom. The molecule has 6 rings (SSSR count). The Bertz CT molecular complexity index is 1460. The number of pyridine rings is 1. The van der Waals surface area contributed by atoms with Crippen LogP contribution in [0, 0.1) is 18.3 Å². The van der Waals surface area contributed by atoms with E-state index in [4.69, 9.17) is 0 Å². The quantitative estimate of drug-likeness (QED) is 0.510. The van der Waals surface area contributed by atoms with Gasteiger partial charge in [-0.3, -0.25) is 9.59 Å². The van der Waals surface area contributed by atoms with Crippen molar-refractivity contribution in [1.29, 1.82) is 5.26 Å². The summed E-state index contributed by atoms with van der Waals surface area (Å²) >= 11 is 0. The zero-order chi connectivity index (χ0) is 27.0. The van der Waals surface area contributed by atoms with Gasteiger partial charge in [0.25, 0.3) is 11.8 Å². The summed E-state index contributed by atoms with van der Waals surface area (Å²) in [6.45, 7) is 5.34. The second-order valence-corrected chi connectivity index (χ2v) is 11.1. The second kappa shape index (κ2) is 10.2. The molecule has 7 heteroatoms. The van der Waals surface area contributed by atoms with E-state index in [1.165, 1.54) is 24.0 Å². The fourth-order valence-corrected chi connectivity index (χ4v) is 6.47. The van der Waals surface area contributed by atoms with Crippen LogP contribution in [0.4, 0.5) is 11.5 Å². The van der Waals surface area contributed by atoms with E-state index in [0.29, 0.717) is 29.9 Å². The van der Waals surface area contributed by atoms with E-state index in [9.17, 15) is 14.9 Å². The Balaban J connectivity index is 1.12. The number of piperidine rings is 1. The van der Waals surface area contributed by atoms with Crippen molar-refractivity contribution in [3.05, 3.63) is 88.1 Å². The maximum Gasteiger partial charge on any atom is 0.257 e. The molecule has 1 N–H and O–H groups in total. The number of hydrogen-bond acceptors (Lipinski definition) is 5. The van der Waals surface area contributed by atoms with Crippen LogP contribution in [0.3, 0.4) is 0 Å². The predicted octanol–water partition coefficient (Wildman–Crippen LogP) is 5.23. The molecule has 2 fully saturated rings. The van der Waals surface area contributed by atoms with Gasteiger partial charge >= 0.3 is 0 Å². The fourth-order valence-electron chi connectivity index (χ4n) is 6.47. The predicted molar refractivity (Wildman–Crippen MR) is 151 cm³/mol. The molecule has 0 saturated carbocycles. The highest BCUT2D eigenvalue weighted by molar-refractivity contribution is 6.05. The van der Waals surface area contributed by atoms with Crippen molar-refractivity contribution >= 4 is 23.3 Å². The van der Waals surface area contributed by atoms with Crippen LogP contribution in [0.25, 0.3) is 0 Å². The van der Waals surface area contributed by atoms with Gasteiger partial charge in [-0.25, -0.2) is 4.98 Å². The molecule has 0 atom stereocenters. The molecule has 3 aliphatic rings. The lowest BCUT2D eigenvalue weighted by Crippen LogP contribution is -2.44. The van der Waals surface area contributed by atoms with E-state index in [1.807, 2.05) is 48.2 Å². The molecule has 1 aliphatic carbocycles. The standard InChI is InChI=1S/C32H33N5O2/c1-22-4-6-25(19-28(22)35-30(38)26-7-9-29(34-21-26)36-14-2-3-15-36)31(39)37-16-12-32(13-17-37)11-10-24-18-23(20-33)5-8-27(24)32/h4-9,18-19,21H,2-3,10-17H2,1H3,(H,35,38). The van der Waals surface area contributed by atoms with E-state index < -0.39 is 0 Å². The normalized spacial score (nSPS) is 17.6. The van der Waals surface area contributed by atoms with Crippen LogP contribution in [-0.4, -0.2) is 47.9 Å². The maximum atomic E-state index is 13.5. The number of anilines is 2. The first-order valence-corrected chi connectivity index (χ1v) is 13.9. The first kappa shape index (κ1) is 25.1. The number of amides is 2. The monoisotopic (exact) mass is 519 g/mol. The molecule has 1 spiro atoms. The molecule has 0 unspecified atom stereocenters. The Kier molecular flexibility index (Phi) is 6.56. The Hall–Kier alpha value is -4.18. The number of aryl methyl sites for hydroxylation is 2. The average Bonchev–Trinajstić information content (AvgIpc) is 3.63. The van der Waals surface area contributed by atoms with Crippen LogP contribution >= 0.6 is 0 Å². The smallest absolute Gasteiger partial charge is 0.257 e. The Morgan fingerprint density at radius 3 is 2.44 bits per heavy atom. The number of nitrogens with one attached hydrogen (secondary N) is 1. The summed E-state index contributed by atoms with van der Waals surface area (Å²) in [6, 6.07) is 17.6. The second-order valence-electron chi connectivity index (χ2n) is 11.1. The van der Waals surface area contributed by atoms with Crippen LogP contribution in [0.2, 0.25) is 0 Å². The lowest BCUT2D eigenvalue weighted by molar-refractivity contribution is 0.0666. The van der Waals surface area contributed by atoms with Gasteiger partial charge in [-0.15, -0.1) is 0 Å². The summed E-state index contributed by atoms with van der Waals surface area (Å²) in [4.78, 5) is 35.1. The summed E-state index contributed by atoms with van der Waals surface area (Å²) in [6.07, 6.45) is 7.90. The molecule has 198 valence electrons. The number of hydrogen-bond donors (Lipinski definition) is 1. The van der Waals surface area contributed by atoms with Crippen molar-refractivity contribution in [3.63, 3.8) is 0 Å². The molecule has 2 aliphatic heterocycles. The van der Waals surface area contributed by atoms with Crippen LogP contribution in [0.15, 0.2) is 54.7 Å². The molecule has 2 amide bonds. The van der Waals surface area contributed by atoms with Crippen molar-refractivity contribution in [2.45, 2.75) is 50.9 Å². The zero-order valence-corrected chi connectivity index (χ0v) is 22.4. The number of likely N-dealkylation sites (tertiary alicyclic amines) is 1. The van der Waals surface area contributed by atoms with Gasteiger partial charge in [-0.1, -0.05) is 12.1 Å². The third-order valence-corrected chi connectivity index (χ3v) is 8.86. The van der Waals surface area contributed by atoms with Crippen LogP contribution < -0.4 is 10.2 Å². The molecule has 0 bridgehead atoms. The third-order valence-electron chi connectivity index (χ3n) is 8.86. The summed E-state index contributed by atoms with van der Waals surface area (Å²) in [5.41, 5.74) is 6.08. The Labute approximate surface area is 229 Å². The number of nitriles is 1. The van der Waals surface area contributed by atoms with Crippen molar-refractivity contribution in [1.82, 2.24) is 9.88 Å². The number of aromatic nitrogens is 1. The van der Waals surface area contributed by atoms with Crippen molar-refractivity contribution in [2.75, 3.05) is 36.4 Å². The highest BCUT2D eigenvalue weighted by Crippen LogP contribution is 2.46. The first-order valence-electron chi connectivity index (χ1n) is 13.9. The largest absolute Gasteiger partial charge is 0.357 e. The Morgan fingerprint density at radius 1 is 0.949 bits per heavy atom. The minimum Gasteiger partial charge on any atom is -0.357 e. The van der Waals surface area contributed by atoms with Gasteiger partial charge in [0.15, 0.2) is 0 Å². The highest BCUT2D eigenvalue weighted by atomic mass is 16.2. The van der Waals surface area contributed by atoms with Gasteiger partial charge in [0.1, 0.15) is 5.82 Å². The number of benzene rings is 2. The third kappa shape index (κ3) is 4.76. The molecule has 2 saturated heterocycles. The molecule has 1 aromatic heterocycles. The highest BCUT2D eigenvalue weighted by Gasteiger charge is 2.42. The van der Waals surface area contributed by atoms with Crippen molar-refractivity contribution in [3.8, 4) is 6.07 Å². The van der Waals surface area contributed by atoms with Gasteiger partial charge in [-0.2, -0.15) is 5.26 Å². The average molecular weight is 520 g/mol. The number of nitrogens with zero attached hydrogens (tertiary/aromatic N) is 4.